The van der Waals surface area contributed by atoms with Gasteiger partial charge in [-0.1, -0.05) is 51.5 Å². The van der Waals surface area contributed by atoms with Crippen molar-refractivity contribution in [2.75, 3.05) is 0 Å². The lowest BCUT2D eigenvalue weighted by Gasteiger charge is -2.21. The highest BCUT2D eigenvalue weighted by Gasteiger charge is 2.15. The van der Waals surface area contributed by atoms with Crippen LogP contribution in [0.15, 0.2) is 18.2 Å². The van der Waals surface area contributed by atoms with Crippen molar-refractivity contribution in [2.45, 2.75) is 45.9 Å². The molecule has 0 aliphatic rings. The van der Waals surface area contributed by atoms with Crippen LogP contribution in [0.25, 0.3) is 0 Å². The van der Waals surface area contributed by atoms with Gasteiger partial charge in [-0.15, -0.1) is 0 Å². The van der Waals surface area contributed by atoms with Crippen molar-refractivity contribution in [3.8, 4) is 0 Å². The molecule has 1 heteroatoms. The van der Waals surface area contributed by atoms with Crippen LogP contribution in [0.1, 0.15) is 50.3 Å². The van der Waals surface area contributed by atoms with Crippen LogP contribution < -0.4 is 0 Å². The summed E-state index contributed by atoms with van der Waals surface area (Å²) in [5.41, 5.74) is 4.28. The molecule has 0 nitrogen and oxygen atoms in total. The number of aryl methyl sites for hydroxylation is 1. The molecule has 0 fully saturated rings. The number of rotatable bonds is 2. The first-order valence-electron chi connectivity index (χ1n) is 5.43. The van der Waals surface area contributed by atoms with E-state index in [4.69, 9.17) is 0 Å². The molecule has 0 aliphatic heterocycles. The highest BCUT2D eigenvalue weighted by Crippen LogP contribution is 2.25. The Morgan fingerprint density at radius 3 is 2.14 bits per heavy atom. The standard InChI is InChI=1S/C13H21B/c1-9(2)11-6-10(3)7-12(8-11)13(4,5)14/h6-9H,14H2,1-5H3. The van der Waals surface area contributed by atoms with Crippen LogP contribution >= 0.6 is 0 Å². The van der Waals surface area contributed by atoms with E-state index in [-0.39, 0.29) is 5.31 Å². The van der Waals surface area contributed by atoms with Gasteiger partial charge in [-0.25, -0.2) is 0 Å². The third kappa shape index (κ3) is 2.63. The average Bonchev–Trinajstić information content (AvgIpc) is 2.01. The molecule has 0 heterocycles. The molecular formula is C13H21B. The molecule has 0 bridgehead atoms. The summed E-state index contributed by atoms with van der Waals surface area (Å²) in [4.78, 5) is 0. The van der Waals surface area contributed by atoms with Crippen molar-refractivity contribution >= 4 is 7.85 Å². The number of benzene rings is 1. The van der Waals surface area contributed by atoms with E-state index in [1.54, 1.807) is 0 Å². The predicted octanol–water partition coefficient (Wildman–Crippen LogP) is 2.99. The van der Waals surface area contributed by atoms with Crippen LogP contribution in [0.2, 0.25) is 0 Å². The highest BCUT2D eigenvalue weighted by atomic mass is 14.2. The Balaban J connectivity index is 3.21. The lowest BCUT2D eigenvalue weighted by atomic mass is 9.67. The normalized spacial score (nSPS) is 12.1. The van der Waals surface area contributed by atoms with E-state index in [9.17, 15) is 0 Å². The highest BCUT2D eigenvalue weighted by molar-refractivity contribution is 6.15. The van der Waals surface area contributed by atoms with Crippen LogP contribution in [-0.4, -0.2) is 7.85 Å². The maximum absolute atomic E-state index is 2.34. The SMILES string of the molecule is BC(C)(C)c1cc(C)cc(C(C)C)c1. The average molecular weight is 188 g/mol. The second-order valence-electron chi connectivity index (χ2n) is 5.54. The Hall–Kier alpha value is -0.715. The third-order valence-electron chi connectivity index (χ3n) is 2.63. The molecule has 0 amide bonds. The zero-order valence-corrected chi connectivity index (χ0v) is 10.3. The van der Waals surface area contributed by atoms with E-state index >= 15 is 0 Å². The molecule has 0 spiro atoms. The first kappa shape index (κ1) is 11.4. The summed E-state index contributed by atoms with van der Waals surface area (Å²) < 4.78 is 0. The Morgan fingerprint density at radius 1 is 1.14 bits per heavy atom. The van der Waals surface area contributed by atoms with E-state index in [2.05, 4.69) is 60.7 Å². The molecule has 0 atom stereocenters. The number of hydrogen-bond acceptors (Lipinski definition) is 0. The van der Waals surface area contributed by atoms with Gasteiger partial charge in [0, 0.05) is 0 Å². The van der Waals surface area contributed by atoms with Crippen LogP contribution in [0.3, 0.4) is 0 Å². The van der Waals surface area contributed by atoms with Crippen molar-refractivity contribution in [1.29, 1.82) is 0 Å². The second-order valence-corrected chi connectivity index (χ2v) is 5.54. The monoisotopic (exact) mass is 188 g/mol. The molecule has 0 N–H and O–H groups in total. The minimum absolute atomic E-state index is 0.260. The fourth-order valence-corrected chi connectivity index (χ4v) is 1.58. The van der Waals surface area contributed by atoms with Gasteiger partial charge in [0.2, 0.25) is 0 Å². The Labute approximate surface area is 89.1 Å². The molecule has 1 rings (SSSR count). The fourth-order valence-electron chi connectivity index (χ4n) is 1.58. The van der Waals surface area contributed by atoms with Crippen LogP contribution in [-0.2, 0) is 5.31 Å². The summed E-state index contributed by atoms with van der Waals surface area (Å²) >= 11 is 0. The van der Waals surface area contributed by atoms with Crippen molar-refractivity contribution in [3.05, 3.63) is 34.9 Å². The smallest absolute Gasteiger partial charge is 0.0632 e. The molecule has 0 saturated heterocycles. The maximum atomic E-state index is 2.34. The van der Waals surface area contributed by atoms with E-state index in [0.717, 1.165) is 0 Å². The van der Waals surface area contributed by atoms with Crippen molar-refractivity contribution in [3.63, 3.8) is 0 Å². The van der Waals surface area contributed by atoms with Crippen molar-refractivity contribution < 1.29 is 0 Å². The third-order valence-corrected chi connectivity index (χ3v) is 2.63. The summed E-state index contributed by atoms with van der Waals surface area (Å²) in [7, 11) is 2.27. The van der Waals surface area contributed by atoms with Gasteiger partial charge in [-0.3, -0.25) is 0 Å². The molecule has 0 aliphatic carbocycles. The quantitative estimate of drug-likeness (QED) is 0.626. The molecule has 14 heavy (non-hydrogen) atoms. The summed E-state index contributed by atoms with van der Waals surface area (Å²) in [6.45, 7) is 11.2. The molecule has 0 saturated carbocycles. The Bertz CT molecular complexity index is 318. The van der Waals surface area contributed by atoms with Crippen molar-refractivity contribution in [2.24, 2.45) is 0 Å². The van der Waals surface area contributed by atoms with Gasteiger partial charge in [-0.05, 0) is 29.3 Å². The molecular weight excluding hydrogens is 167 g/mol. The lowest BCUT2D eigenvalue weighted by molar-refractivity contribution is 0.754. The van der Waals surface area contributed by atoms with E-state index < -0.39 is 0 Å². The molecule has 0 aromatic heterocycles. The van der Waals surface area contributed by atoms with Gasteiger partial charge < -0.3 is 0 Å². The minimum Gasteiger partial charge on any atom is -0.0632 e. The predicted molar refractivity (Wildman–Crippen MR) is 66.8 cm³/mol. The summed E-state index contributed by atoms with van der Waals surface area (Å²) in [5.74, 6) is 0.621. The zero-order valence-electron chi connectivity index (χ0n) is 10.3. The molecule has 1 aromatic rings. The van der Waals surface area contributed by atoms with E-state index in [1.165, 1.54) is 16.7 Å². The molecule has 0 unspecified atom stereocenters. The zero-order chi connectivity index (χ0) is 10.9. The van der Waals surface area contributed by atoms with Crippen molar-refractivity contribution in [1.82, 2.24) is 0 Å². The molecule has 0 radical (unpaired) electrons. The van der Waals surface area contributed by atoms with Gasteiger partial charge in [0.1, 0.15) is 7.85 Å². The summed E-state index contributed by atoms with van der Waals surface area (Å²) in [6.07, 6.45) is 0. The fraction of sp³-hybridized carbons (Fsp3) is 0.538. The molecule has 1 aromatic carbocycles. The second kappa shape index (κ2) is 3.80. The van der Waals surface area contributed by atoms with E-state index in [0.29, 0.717) is 5.92 Å². The molecule has 76 valence electrons. The van der Waals surface area contributed by atoms with Gasteiger partial charge >= 0.3 is 0 Å². The Kier molecular flexibility index (Phi) is 3.09. The van der Waals surface area contributed by atoms with Gasteiger partial charge in [0.05, 0.1) is 0 Å². The topological polar surface area (TPSA) is 0 Å². The van der Waals surface area contributed by atoms with Crippen LogP contribution in [0.5, 0.6) is 0 Å². The first-order chi connectivity index (χ1) is 6.30. The summed E-state index contributed by atoms with van der Waals surface area (Å²) in [6, 6.07) is 6.93. The maximum Gasteiger partial charge on any atom is 0.114 e. The van der Waals surface area contributed by atoms with Gasteiger partial charge in [-0.2, -0.15) is 0 Å². The number of hydrogen-bond donors (Lipinski definition) is 0. The summed E-state index contributed by atoms with van der Waals surface area (Å²) in [5, 5.41) is 0.260. The first-order valence-corrected chi connectivity index (χ1v) is 5.43. The Morgan fingerprint density at radius 2 is 1.71 bits per heavy atom. The lowest BCUT2D eigenvalue weighted by Crippen LogP contribution is -2.17. The minimum atomic E-state index is 0.260. The van der Waals surface area contributed by atoms with Crippen LogP contribution in [0.4, 0.5) is 0 Å². The largest absolute Gasteiger partial charge is 0.114 e. The van der Waals surface area contributed by atoms with E-state index in [1.807, 2.05) is 0 Å². The van der Waals surface area contributed by atoms with Gasteiger partial charge in [0.15, 0.2) is 0 Å². The van der Waals surface area contributed by atoms with Crippen LogP contribution in [0, 0.1) is 6.92 Å². The van der Waals surface area contributed by atoms with Gasteiger partial charge in [0.25, 0.3) is 0 Å².